The zero-order valence-corrected chi connectivity index (χ0v) is 15.8. The van der Waals surface area contributed by atoms with Gasteiger partial charge in [-0.1, -0.05) is 13.8 Å². The van der Waals surface area contributed by atoms with Gasteiger partial charge in [-0.15, -0.1) is 11.3 Å². The molecule has 1 atom stereocenters. The van der Waals surface area contributed by atoms with Gasteiger partial charge in [0.1, 0.15) is 0 Å². The van der Waals surface area contributed by atoms with Crippen LogP contribution >= 0.6 is 11.3 Å². The topological polar surface area (TPSA) is 106 Å². The summed E-state index contributed by atoms with van der Waals surface area (Å²) in [5.41, 5.74) is 7.50. The van der Waals surface area contributed by atoms with Crippen molar-refractivity contribution >= 4 is 28.3 Å². The second kappa shape index (κ2) is 8.52. The van der Waals surface area contributed by atoms with Gasteiger partial charge < -0.3 is 20.7 Å². The highest BCUT2D eigenvalue weighted by Crippen LogP contribution is 2.25. The van der Waals surface area contributed by atoms with Crippen LogP contribution in [0.25, 0.3) is 11.3 Å². The quantitative estimate of drug-likeness (QED) is 0.791. The lowest BCUT2D eigenvalue weighted by atomic mass is 10.0. The van der Waals surface area contributed by atoms with Gasteiger partial charge in [0.05, 0.1) is 18.9 Å². The molecule has 1 amide bonds. The molecule has 0 saturated carbocycles. The number of nitrogens with zero attached hydrogens (tertiary/aromatic N) is 4. The molecule has 3 heterocycles. The van der Waals surface area contributed by atoms with E-state index < -0.39 is 0 Å². The number of carbonyl (C=O) groups is 1. The third kappa shape index (κ3) is 4.75. The van der Waals surface area contributed by atoms with E-state index in [0.29, 0.717) is 24.3 Å². The number of hydrogen-bond donors (Lipinski definition) is 2. The maximum atomic E-state index is 12.0. The second-order valence-corrected chi connectivity index (χ2v) is 7.43. The van der Waals surface area contributed by atoms with Crippen LogP contribution in [0.5, 0.6) is 0 Å². The first-order valence-electron chi connectivity index (χ1n) is 8.69. The van der Waals surface area contributed by atoms with Crippen molar-refractivity contribution < 1.29 is 9.53 Å². The number of hydrogen-bond acceptors (Lipinski definition) is 8. The van der Waals surface area contributed by atoms with Crippen LogP contribution in [-0.4, -0.2) is 53.2 Å². The summed E-state index contributed by atoms with van der Waals surface area (Å²) >= 11 is 1.37. The van der Waals surface area contributed by atoms with E-state index in [0.717, 1.165) is 24.3 Å². The van der Waals surface area contributed by atoms with Crippen molar-refractivity contribution in [2.75, 3.05) is 36.5 Å². The first-order valence-corrected chi connectivity index (χ1v) is 9.57. The summed E-state index contributed by atoms with van der Waals surface area (Å²) in [6, 6.07) is -0.157. The molecule has 0 aromatic carbocycles. The fourth-order valence-electron chi connectivity index (χ4n) is 2.46. The average molecular weight is 376 g/mol. The number of aromatic nitrogens is 3. The lowest BCUT2D eigenvalue weighted by molar-refractivity contribution is -0.116. The SMILES string of the molecule is CC(C)[C@H](N)CC(=O)Nc1nc(-c2cnc(N3CCOCC3)nc2)cs1. The number of anilines is 2. The molecule has 0 bridgehead atoms. The molecule has 1 saturated heterocycles. The molecule has 1 aliphatic heterocycles. The Balaban J connectivity index is 1.61. The first kappa shape index (κ1) is 18.7. The average Bonchev–Trinajstić information content (AvgIpc) is 3.10. The Morgan fingerprint density at radius 1 is 1.35 bits per heavy atom. The Morgan fingerprint density at radius 3 is 2.69 bits per heavy atom. The van der Waals surface area contributed by atoms with E-state index in [1.54, 1.807) is 12.4 Å². The number of nitrogens with one attached hydrogen (secondary N) is 1. The largest absolute Gasteiger partial charge is 0.378 e. The Bertz CT molecular complexity index is 727. The lowest BCUT2D eigenvalue weighted by Crippen LogP contribution is -2.37. The van der Waals surface area contributed by atoms with Crippen molar-refractivity contribution in [2.24, 2.45) is 11.7 Å². The van der Waals surface area contributed by atoms with Crippen molar-refractivity contribution in [3.63, 3.8) is 0 Å². The molecule has 8 nitrogen and oxygen atoms in total. The molecule has 2 aromatic heterocycles. The van der Waals surface area contributed by atoms with Crippen LogP contribution < -0.4 is 16.0 Å². The molecule has 26 heavy (non-hydrogen) atoms. The van der Waals surface area contributed by atoms with Crippen LogP contribution in [0.3, 0.4) is 0 Å². The Kier molecular flexibility index (Phi) is 6.12. The van der Waals surface area contributed by atoms with Gasteiger partial charge >= 0.3 is 0 Å². The normalized spacial score (nSPS) is 15.9. The minimum atomic E-state index is -0.157. The van der Waals surface area contributed by atoms with Gasteiger partial charge in [-0.2, -0.15) is 0 Å². The second-order valence-electron chi connectivity index (χ2n) is 6.57. The minimum Gasteiger partial charge on any atom is -0.378 e. The Morgan fingerprint density at radius 2 is 2.04 bits per heavy atom. The van der Waals surface area contributed by atoms with Crippen LogP contribution in [-0.2, 0) is 9.53 Å². The standard InChI is InChI=1S/C17H24N6O2S/c1-11(2)13(18)7-15(24)22-17-21-14(10-26-17)12-8-19-16(20-9-12)23-3-5-25-6-4-23/h8-11,13H,3-7,18H2,1-2H3,(H,21,22,24)/t13-/m1/s1. The fraction of sp³-hybridized carbons (Fsp3) is 0.529. The van der Waals surface area contributed by atoms with Crippen LogP contribution in [0.1, 0.15) is 20.3 Å². The maximum absolute atomic E-state index is 12.0. The number of morpholine rings is 1. The fourth-order valence-corrected chi connectivity index (χ4v) is 3.20. The summed E-state index contributed by atoms with van der Waals surface area (Å²) in [4.78, 5) is 27.4. The molecule has 1 aliphatic rings. The van der Waals surface area contributed by atoms with Gasteiger partial charge in [0.2, 0.25) is 11.9 Å². The van der Waals surface area contributed by atoms with Crippen molar-refractivity contribution in [2.45, 2.75) is 26.3 Å². The van der Waals surface area contributed by atoms with E-state index in [2.05, 4.69) is 25.2 Å². The highest BCUT2D eigenvalue weighted by molar-refractivity contribution is 7.14. The third-order valence-corrected chi connectivity index (χ3v) is 5.01. The van der Waals surface area contributed by atoms with E-state index in [-0.39, 0.29) is 24.3 Å². The Hall–Kier alpha value is -2.10. The lowest BCUT2D eigenvalue weighted by Gasteiger charge is -2.26. The molecule has 1 fully saturated rings. The molecule has 0 radical (unpaired) electrons. The van der Waals surface area contributed by atoms with Gasteiger partial charge in [-0.25, -0.2) is 15.0 Å². The first-order chi connectivity index (χ1) is 12.5. The monoisotopic (exact) mass is 376 g/mol. The molecule has 3 rings (SSSR count). The molecule has 2 aromatic rings. The number of ether oxygens (including phenoxy) is 1. The molecular weight excluding hydrogens is 352 g/mol. The van der Waals surface area contributed by atoms with Crippen molar-refractivity contribution in [3.05, 3.63) is 17.8 Å². The maximum Gasteiger partial charge on any atom is 0.227 e. The van der Waals surface area contributed by atoms with Gasteiger partial charge in [0.25, 0.3) is 0 Å². The summed E-state index contributed by atoms with van der Waals surface area (Å²) in [6.07, 6.45) is 3.80. The van der Waals surface area contributed by atoms with Crippen LogP contribution in [0.4, 0.5) is 11.1 Å². The van der Waals surface area contributed by atoms with Gasteiger partial charge in [-0.05, 0) is 5.92 Å². The van der Waals surface area contributed by atoms with Crippen molar-refractivity contribution in [3.8, 4) is 11.3 Å². The molecule has 0 spiro atoms. The van der Waals surface area contributed by atoms with Crippen molar-refractivity contribution in [1.82, 2.24) is 15.0 Å². The summed E-state index contributed by atoms with van der Waals surface area (Å²) in [5, 5.41) is 5.24. The molecule has 0 unspecified atom stereocenters. The zero-order valence-electron chi connectivity index (χ0n) is 15.0. The molecular formula is C17H24N6O2S. The van der Waals surface area contributed by atoms with E-state index in [4.69, 9.17) is 10.5 Å². The van der Waals surface area contributed by atoms with Crippen molar-refractivity contribution in [1.29, 1.82) is 0 Å². The molecule has 140 valence electrons. The number of nitrogens with two attached hydrogens (primary N) is 1. The smallest absolute Gasteiger partial charge is 0.227 e. The molecule has 0 aliphatic carbocycles. The predicted octanol–water partition coefficient (Wildman–Crippen LogP) is 1.75. The van der Waals surface area contributed by atoms with Gasteiger partial charge in [-0.3, -0.25) is 4.79 Å². The van der Waals surface area contributed by atoms with E-state index in [1.165, 1.54) is 11.3 Å². The Labute approximate surface area is 156 Å². The number of rotatable bonds is 6. The highest BCUT2D eigenvalue weighted by atomic mass is 32.1. The summed E-state index contributed by atoms with van der Waals surface area (Å²) in [6.45, 7) is 6.98. The predicted molar refractivity (Wildman–Crippen MR) is 102 cm³/mol. The van der Waals surface area contributed by atoms with Gasteiger partial charge in [0.15, 0.2) is 5.13 Å². The van der Waals surface area contributed by atoms with Gasteiger partial charge in [0, 0.05) is 48.9 Å². The summed E-state index contributed by atoms with van der Waals surface area (Å²) in [7, 11) is 0. The minimum absolute atomic E-state index is 0.119. The molecule has 9 heteroatoms. The third-order valence-electron chi connectivity index (χ3n) is 4.26. The van der Waals surface area contributed by atoms with E-state index in [9.17, 15) is 4.79 Å². The summed E-state index contributed by atoms with van der Waals surface area (Å²) in [5.74, 6) is 0.837. The van der Waals surface area contributed by atoms with Crippen LogP contribution in [0.2, 0.25) is 0 Å². The number of amides is 1. The van der Waals surface area contributed by atoms with E-state index >= 15 is 0 Å². The van der Waals surface area contributed by atoms with E-state index in [1.807, 2.05) is 19.2 Å². The van der Waals surface area contributed by atoms with Crippen LogP contribution in [0.15, 0.2) is 17.8 Å². The summed E-state index contributed by atoms with van der Waals surface area (Å²) < 4.78 is 5.34. The number of thiazole rings is 1. The number of carbonyl (C=O) groups excluding carboxylic acids is 1. The van der Waals surface area contributed by atoms with Crippen LogP contribution in [0, 0.1) is 5.92 Å². The zero-order chi connectivity index (χ0) is 18.5. The highest BCUT2D eigenvalue weighted by Gasteiger charge is 2.16. The molecule has 3 N–H and O–H groups in total.